The highest BCUT2D eigenvalue weighted by Crippen LogP contribution is 2.22. The third-order valence-corrected chi connectivity index (χ3v) is 4.01. The minimum atomic E-state index is 0.560. The van der Waals surface area contributed by atoms with E-state index in [4.69, 9.17) is 0 Å². The molecule has 4 nitrogen and oxygen atoms in total. The number of para-hydroxylation sites is 1. The van der Waals surface area contributed by atoms with Crippen LogP contribution in [-0.4, -0.2) is 9.97 Å². The van der Waals surface area contributed by atoms with Gasteiger partial charge >= 0.3 is 0 Å². The van der Waals surface area contributed by atoms with Gasteiger partial charge in [-0.15, -0.1) is 0 Å². The molecule has 0 saturated heterocycles. The minimum Gasteiger partial charge on any atom is -0.340 e. The quantitative estimate of drug-likeness (QED) is 0.689. The van der Waals surface area contributed by atoms with Gasteiger partial charge in [-0.1, -0.05) is 34.1 Å². The summed E-state index contributed by atoms with van der Waals surface area (Å²) in [6.45, 7) is 2.05. The van der Waals surface area contributed by atoms with E-state index < -0.39 is 0 Å². The van der Waals surface area contributed by atoms with E-state index in [0.717, 1.165) is 21.7 Å². The number of aromatic nitrogens is 2. The number of nitrogens with one attached hydrogen (secondary N) is 2. The average Bonchev–Trinajstić information content (AvgIpc) is 2.52. The lowest BCUT2D eigenvalue weighted by Crippen LogP contribution is -2.00. The largest absolute Gasteiger partial charge is 0.340 e. The maximum absolute atomic E-state index is 4.47. The van der Waals surface area contributed by atoms with Crippen LogP contribution in [-0.2, 0) is 0 Å². The molecule has 0 aliphatic rings. The zero-order chi connectivity index (χ0) is 15.4. The molecule has 110 valence electrons. The van der Waals surface area contributed by atoms with Crippen LogP contribution < -0.4 is 10.6 Å². The summed E-state index contributed by atoms with van der Waals surface area (Å²) in [5, 5.41) is 6.47. The lowest BCUT2D eigenvalue weighted by molar-refractivity contribution is 1.16. The van der Waals surface area contributed by atoms with E-state index in [1.54, 1.807) is 6.20 Å². The molecule has 1 aromatic heterocycles. The van der Waals surface area contributed by atoms with Crippen LogP contribution in [0.1, 0.15) is 5.56 Å². The SMILES string of the molecule is Cc1cc(Nc2ccnc(Nc3ccccc3)n2)ccc1Br. The Labute approximate surface area is 137 Å². The molecule has 0 unspecified atom stereocenters. The zero-order valence-corrected chi connectivity index (χ0v) is 13.6. The van der Waals surface area contributed by atoms with Crippen LogP contribution >= 0.6 is 15.9 Å². The average molecular weight is 355 g/mol. The van der Waals surface area contributed by atoms with Crippen molar-refractivity contribution in [2.75, 3.05) is 10.6 Å². The molecule has 2 N–H and O–H groups in total. The number of halogens is 1. The molecule has 3 rings (SSSR count). The molecule has 0 bridgehead atoms. The van der Waals surface area contributed by atoms with Gasteiger partial charge in [-0.2, -0.15) is 4.98 Å². The van der Waals surface area contributed by atoms with E-state index in [-0.39, 0.29) is 0 Å². The molecule has 1 heterocycles. The first-order valence-corrected chi connectivity index (χ1v) is 7.68. The Hall–Kier alpha value is -2.40. The summed E-state index contributed by atoms with van der Waals surface area (Å²) < 4.78 is 1.09. The number of benzene rings is 2. The Balaban J connectivity index is 1.77. The molecular formula is C17H15BrN4. The van der Waals surface area contributed by atoms with Gasteiger partial charge in [-0.3, -0.25) is 0 Å². The van der Waals surface area contributed by atoms with Crippen molar-refractivity contribution in [3.05, 3.63) is 70.8 Å². The molecule has 22 heavy (non-hydrogen) atoms. The van der Waals surface area contributed by atoms with Gasteiger partial charge in [-0.25, -0.2) is 4.98 Å². The molecule has 0 spiro atoms. The molecule has 0 saturated carbocycles. The van der Waals surface area contributed by atoms with Crippen molar-refractivity contribution in [1.82, 2.24) is 9.97 Å². The Kier molecular flexibility index (Phi) is 4.34. The summed E-state index contributed by atoms with van der Waals surface area (Å²) in [7, 11) is 0. The van der Waals surface area contributed by atoms with Gasteiger partial charge in [0.2, 0.25) is 5.95 Å². The fraction of sp³-hybridized carbons (Fsp3) is 0.0588. The van der Waals surface area contributed by atoms with Gasteiger partial charge in [0.05, 0.1) is 0 Å². The van der Waals surface area contributed by atoms with Gasteiger partial charge in [0.25, 0.3) is 0 Å². The predicted molar refractivity (Wildman–Crippen MR) is 93.9 cm³/mol. The number of anilines is 4. The number of hydrogen-bond acceptors (Lipinski definition) is 4. The highest BCUT2D eigenvalue weighted by atomic mass is 79.9. The maximum Gasteiger partial charge on any atom is 0.229 e. The smallest absolute Gasteiger partial charge is 0.229 e. The van der Waals surface area contributed by atoms with Crippen molar-refractivity contribution < 1.29 is 0 Å². The maximum atomic E-state index is 4.47. The Morgan fingerprint density at radius 3 is 2.50 bits per heavy atom. The first kappa shape index (κ1) is 14.5. The predicted octanol–water partition coefficient (Wildman–Crippen LogP) is 5.03. The summed E-state index contributed by atoms with van der Waals surface area (Å²) in [5.41, 5.74) is 3.12. The molecule has 5 heteroatoms. The molecule has 0 fully saturated rings. The van der Waals surface area contributed by atoms with E-state index in [1.165, 1.54) is 5.56 Å². The summed E-state index contributed by atoms with van der Waals surface area (Å²) >= 11 is 3.50. The molecule has 0 aliphatic carbocycles. The van der Waals surface area contributed by atoms with Crippen LogP contribution in [0, 0.1) is 6.92 Å². The topological polar surface area (TPSA) is 49.8 Å². The molecule has 0 atom stereocenters. The van der Waals surface area contributed by atoms with Crippen molar-refractivity contribution in [2.24, 2.45) is 0 Å². The minimum absolute atomic E-state index is 0.560. The summed E-state index contributed by atoms with van der Waals surface area (Å²) in [6.07, 6.45) is 1.73. The summed E-state index contributed by atoms with van der Waals surface area (Å²) in [5.74, 6) is 1.31. The monoisotopic (exact) mass is 354 g/mol. The number of rotatable bonds is 4. The fourth-order valence-electron chi connectivity index (χ4n) is 2.01. The normalized spacial score (nSPS) is 10.3. The van der Waals surface area contributed by atoms with Crippen molar-refractivity contribution in [2.45, 2.75) is 6.92 Å². The third kappa shape index (κ3) is 3.62. The third-order valence-electron chi connectivity index (χ3n) is 3.12. The van der Waals surface area contributed by atoms with Crippen molar-refractivity contribution >= 4 is 39.1 Å². The highest BCUT2D eigenvalue weighted by Gasteiger charge is 2.02. The second-order valence-corrected chi connectivity index (χ2v) is 5.70. The Bertz CT molecular complexity index is 775. The van der Waals surface area contributed by atoms with Crippen LogP contribution in [0.4, 0.5) is 23.1 Å². The van der Waals surface area contributed by atoms with E-state index in [9.17, 15) is 0 Å². The van der Waals surface area contributed by atoms with E-state index in [1.807, 2.05) is 48.5 Å². The molecule has 3 aromatic rings. The first-order valence-electron chi connectivity index (χ1n) is 6.89. The van der Waals surface area contributed by atoms with Gasteiger partial charge in [0, 0.05) is 22.0 Å². The second-order valence-electron chi connectivity index (χ2n) is 4.85. The van der Waals surface area contributed by atoms with Gasteiger partial charge < -0.3 is 10.6 Å². The lowest BCUT2D eigenvalue weighted by Gasteiger charge is -2.09. The fourth-order valence-corrected chi connectivity index (χ4v) is 2.26. The Morgan fingerprint density at radius 2 is 1.73 bits per heavy atom. The van der Waals surface area contributed by atoms with Gasteiger partial charge in [-0.05, 0) is 48.9 Å². The molecule has 0 aliphatic heterocycles. The molecule has 2 aromatic carbocycles. The van der Waals surface area contributed by atoms with Crippen molar-refractivity contribution in [3.8, 4) is 0 Å². The van der Waals surface area contributed by atoms with Crippen molar-refractivity contribution in [3.63, 3.8) is 0 Å². The van der Waals surface area contributed by atoms with E-state index in [0.29, 0.717) is 5.95 Å². The van der Waals surface area contributed by atoms with Crippen LogP contribution in [0.15, 0.2) is 65.3 Å². The van der Waals surface area contributed by atoms with Crippen LogP contribution in [0.25, 0.3) is 0 Å². The highest BCUT2D eigenvalue weighted by molar-refractivity contribution is 9.10. The number of hydrogen-bond donors (Lipinski definition) is 2. The van der Waals surface area contributed by atoms with E-state index in [2.05, 4.69) is 49.5 Å². The van der Waals surface area contributed by atoms with Crippen LogP contribution in [0.3, 0.4) is 0 Å². The van der Waals surface area contributed by atoms with E-state index >= 15 is 0 Å². The number of aryl methyl sites for hydroxylation is 1. The molecule has 0 radical (unpaired) electrons. The van der Waals surface area contributed by atoms with Crippen LogP contribution in [0.2, 0.25) is 0 Å². The number of nitrogens with zero attached hydrogens (tertiary/aromatic N) is 2. The Morgan fingerprint density at radius 1 is 0.909 bits per heavy atom. The molecule has 0 amide bonds. The second kappa shape index (κ2) is 6.58. The first-order chi connectivity index (χ1) is 10.7. The standard InChI is InChI=1S/C17H15BrN4/c1-12-11-14(7-8-15(12)18)20-16-9-10-19-17(22-16)21-13-5-3-2-4-6-13/h2-11H,1H3,(H2,19,20,21,22). The van der Waals surface area contributed by atoms with Gasteiger partial charge in [0.15, 0.2) is 0 Å². The van der Waals surface area contributed by atoms with Gasteiger partial charge in [0.1, 0.15) is 5.82 Å². The molecular weight excluding hydrogens is 340 g/mol. The summed E-state index contributed by atoms with van der Waals surface area (Å²) in [4.78, 5) is 8.71. The zero-order valence-electron chi connectivity index (χ0n) is 12.0. The van der Waals surface area contributed by atoms with Crippen LogP contribution in [0.5, 0.6) is 0 Å². The summed E-state index contributed by atoms with van der Waals surface area (Å²) in [6, 6.07) is 17.8. The van der Waals surface area contributed by atoms with Crippen molar-refractivity contribution in [1.29, 1.82) is 0 Å². The lowest BCUT2D eigenvalue weighted by atomic mass is 10.2.